The lowest BCUT2D eigenvalue weighted by molar-refractivity contribution is 0.0363. The van der Waals surface area contributed by atoms with Gasteiger partial charge in [-0.3, -0.25) is 14.5 Å². The van der Waals surface area contributed by atoms with E-state index in [-0.39, 0.29) is 11.1 Å². The van der Waals surface area contributed by atoms with Crippen LogP contribution >= 0.6 is 0 Å². The highest BCUT2D eigenvalue weighted by atomic mass is 16.5. The summed E-state index contributed by atoms with van der Waals surface area (Å²) in [7, 11) is 0. The fourth-order valence-corrected chi connectivity index (χ4v) is 3.49. The fourth-order valence-electron chi connectivity index (χ4n) is 3.49. The monoisotopic (exact) mass is 393 g/mol. The first-order valence-electron chi connectivity index (χ1n) is 9.64. The number of carbonyl (C=O) groups excluding carboxylic acids is 1. The zero-order valence-corrected chi connectivity index (χ0v) is 16.3. The minimum Gasteiger partial charge on any atom is -0.379 e. The minimum atomic E-state index is -0.426. The third-order valence-electron chi connectivity index (χ3n) is 5.16. The Hall–Kier alpha value is -3.10. The number of anilines is 1. The molecule has 150 valence electrons. The van der Waals surface area contributed by atoms with Gasteiger partial charge >= 0.3 is 0 Å². The molecule has 1 aromatic carbocycles. The summed E-state index contributed by atoms with van der Waals surface area (Å²) in [5, 5.41) is 3.58. The van der Waals surface area contributed by atoms with Gasteiger partial charge in [-0.2, -0.15) is 0 Å². The van der Waals surface area contributed by atoms with Crippen LogP contribution in [0, 0.1) is 6.92 Å². The second-order valence-corrected chi connectivity index (χ2v) is 7.04. The van der Waals surface area contributed by atoms with Gasteiger partial charge in [-0.15, -0.1) is 0 Å². The average molecular weight is 393 g/mol. The topological polar surface area (TPSA) is 89.4 Å². The van der Waals surface area contributed by atoms with E-state index in [1.807, 2.05) is 18.2 Å². The van der Waals surface area contributed by atoms with Crippen LogP contribution in [-0.4, -0.2) is 58.2 Å². The first kappa shape index (κ1) is 19.2. The van der Waals surface area contributed by atoms with Crippen molar-refractivity contribution < 1.29 is 9.53 Å². The summed E-state index contributed by atoms with van der Waals surface area (Å²) in [5.41, 5.74) is 1.82. The molecule has 2 aromatic heterocycles. The Morgan fingerprint density at radius 3 is 2.86 bits per heavy atom. The van der Waals surface area contributed by atoms with E-state index in [1.54, 1.807) is 30.0 Å². The summed E-state index contributed by atoms with van der Waals surface area (Å²) in [6.45, 7) is 6.19. The maximum absolute atomic E-state index is 13.0. The molecule has 1 aliphatic heterocycles. The maximum atomic E-state index is 13.0. The molecule has 0 atom stereocenters. The molecule has 8 nitrogen and oxygen atoms in total. The highest BCUT2D eigenvalue weighted by Gasteiger charge is 2.18. The van der Waals surface area contributed by atoms with Crippen LogP contribution < -0.4 is 10.9 Å². The standard InChI is InChI=1S/C21H23N5O3/c1-15-5-6-26(8-7-25-9-11-29-12-10-25)21(28)19(15)20(27)24-18-4-2-3-17-16(18)13-22-14-23-17/h2-6,13-14H,7-12H2,1H3,(H,24,27). The highest BCUT2D eigenvalue weighted by Crippen LogP contribution is 2.21. The second-order valence-electron chi connectivity index (χ2n) is 7.04. The molecule has 4 rings (SSSR count). The van der Waals surface area contributed by atoms with Crippen LogP contribution in [0.15, 0.2) is 47.8 Å². The van der Waals surface area contributed by atoms with E-state index in [0.29, 0.717) is 31.0 Å². The molecular formula is C21H23N5O3. The number of rotatable bonds is 5. The van der Waals surface area contributed by atoms with Gasteiger partial charge in [0, 0.05) is 44.0 Å². The van der Waals surface area contributed by atoms with Crippen LogP contribution in [-0.2, 0) is 11.3 Å². The number of ether oxygens (including phenoxy) is 1. The molecule has 0 bridgehead atoms. The Balaban J connectivity index is 1.57. The quantitative estimate of drug-likeness (QED) is 0.710. The molecule has 0 spiro atoms. The van der Waals surface area contributed by atoms with Crippen molar-refractivity contribution in [1.82, 2.24) is 19.4 Å². The van der Waals surface area contributed by atoms with Crippen molar-refractivity contribution in [3.05, 3.63) is 64.5 Å². The molecule has 3 aromatic rings. The summed E-state index contributed by atoms with van der Waals surface area (Å²) < 4.78 is 6.96. The number of benzene rings is 1. The molecule has 1 fully saturated rings. The minimum absolute atomic E-state index is 0.156. The molecule has 29 heavy (non-hydrogen) atoms. The van der Waals surface area contributed by atoms with Crippen LogP contribution in [0.3, 0.4) is 0 Å². The van der Waals surface area contributed by atoms with Gasteiger partial charge in [0.25, 0.3) is 11.5 Å². The second kappa shape index (κ2) is 8.50. The van der Waals surface area contributed by atoms with Gasteiger partial charge in [0.2, 0.25) is 0 Å². The summed E-state index contributed by atoms with van der Waals surface area (Å²) in [5.74, 6) is -0.426. The molecule has 1 saturated heterocycles. The van der Waals surface area contributed by atoms with E-state index in [2.05, 4.69) is 20.2 Å². The third-order valence-corrected chi connectivity index (χ3v) is 5.16. The maximum Gasteiger partial charge on any atom is 0.263 e. The third kappa shape index (κ3) is 4.18. The van der Waals surface area contributed by atoms with E-state index in [4.69, 9.17) is 4.74 Å². The molecule has 0 radical (unpaired) electrons. The lowest BCUT2D eigenvalue weighted by Crippen LogP contribution is -2.40. The molecule has 1 aliphatic rings. The van der Waals surface area contributed by atoms with Crippen molar-refractivity contribution >= 4 is 22.5 Å². The number of hydrogen-bond acceptors (Lipinski definition) is 6. The van der Waals surface area contributed by atoms with Crippen LogP contribution in [0.5, 0.6) is 0 Å². The Labute approximate surface area is 168 Å². The zero-order valence-electron chi connectivity index (χ0n) is 16.3. The Bertz CT molecular complexity index is 1080. The average Bonchev–Trinajstić information content (AvgIpc) is 2.74. The number of aromatic nitrogens is 3. The fraction of sp³-hybridized carbons (Fsp3) is 0.333. The number of nitrogens with zero attached hydrogens (tertiary/aromatic N) is 4. The van der Waals surface area contributed by atoms with Crippen molar-refractivity contribution in [3.63, 3.8) is 0 Å². The van der Waals surface area contributed by atoms with Crippen LogP contribution in [0.1, 0.15) is 15.9 Å². The molecular weight excluding hydrogens is 370 g/mol. The summed E-state index contributed by atoms with van der Waals surface area (Å²) in [4.78, 5) is 36.4. The van der Waals surface area contributed by atoms with Gasteiger partial charge in [-0.25, -0.2) is 9.97 Å². The molecule has 0 aliphatic carbocycles. The van der Waals surface area contributed by atoms with Crippen LogP contribution in [0.2, 0.25) is 0 Å². The predicted octanol–water partition coefficient (Wildman–Crippen LogP) is 1.68. The number of pyridine rings is 1. The predicted molar refractivity (Wildman–Crippen MR) is 110 cm³/mol. The van der Waals surface area contributed by atoms with Crippen molar-refractivity contribution in [3.8, 4) is 0 Å². The van der Waals surface area contributed by atoms with Gasteiger partial charge in [0.05, 0.1) is 24.4 Å². The Morgan fingerprint density at radius 2 is 2.03 bits per heavy atom. The Kier molecular flexibility index (Phi) is 5.64. The molecule has 1 amide bonds. The van der Waals surface area contributed by atoms with Crippen molar-refractivity contribution in [1.29, 1.82) is 0 Å². The largest absolute Gasteiger partial charge is 0.379 e. The van der Waals surface area contributed by atoms with Crippen molar-refractivity contribution in [2.45, 2.75) is 13.5 Å². The van der Waals surface area contributed by atoms with Gasteiger partial charge in [-0.05, 0) is 30.7 Å². The zero-order chi connectivity index (χ0) is 20.2. The normalized spacial score (nSPS) is 14.8. The first-order chi connectivity index (χ1) is 14.1. The smallest absolute Gasteiger partial charge is 0.263 e. The summed E-state index contributed by atoms with van der Waals surface area (Å²) in [6.07, 6.45) is 4.86. The molecule has 3 heterocycles. The van der Waals surface area contributed by atoms with Crippen LogP contribution in [0.4, 0.5) is 5.69 Å². The number of morpholine rings is 1. The molecule has 8 heteroatoms. The highest BCUT2D eigenvalue weighted by molar-refractivity contribution is 6.09. The molecule has 0 saturated carbocycles. The molecule has 0 unspecified atom stereocenters. The molecule has 1 N–H and O–H groups in total. The van der Waals surface area contributed by atoms with E-state index in [9.17, 15) is 9.59 Å². The van der Waals surface area contributed by atoms with Crippen LogP contribution in [0.25, 0.3) is 10.9 Å². The van der Waals surface area contributed by atoms with E-state index >= 15 is 0 Å². The summed E-state index contributed by atoms with van der Waals surface area (Å²) in [6, 6.07) is 7.24. The van der Waals surface area contributed by atoms with E-state index in [1.165, 1.54) is 6.33 Å². The number of hydrogen-bond donors (Lipinski definition) is 1. The number of aryl methyl sites for hydroxylation is 1. The van der Waals surface area contributed by atoms with Gasteiger partial charge in [0.15, 0.2) is 0 Å². The number of fused-ring (bicyclic) bond motifs is 1. The lowest BCUT2D eigenvalue weighted by Gasteiger charge is -2.26. The SMILES string of the molecule is Cc1ccn(CCN2CCOCC2)c(=O)c1C(=O)Nc1cccc2ncncc12. The first-order valence-corrected chi connectivity index (χ1v) is 9.64. The van der Waals surface area contributed by atoms with Crippen molar-refractivity contribution in [2.75, 3.05) is 38.2 Å². The van der Waals surface area contributed by atoms with E-state index in [0.717, 1.165) is 30.5 Å². The van der Waals surface area contributed by atoms with Crippen molar-refractivity contribution in [2.24, 2.45) is 0 Å². The van der Waals surface area contributed by atoms with Gasteiger partial charge in [0.1, 0.15) is 11.9 Å². The number of amides is 1. The lowest BCUT2D eigenvalue weighted by atomic mass is 10.1. The summed E-state index contributed by atoms with van der Waals surface area (Å²) >= 11 is 0. The number of carbonyl (C=O) groups is 1. The van der Waals surface area contributed by atoms with E-state index < -0.39 is 5.91 Å². The van der Waals surface area contributed by atoms with Gasteiger partial charge < -0.3 is 14.6 Å². The Morgan fingerprint density at radius 1 is 1.21 bits per heavy atom. The number of nitrogens with one attached hydrogen (secondary N) is 1. The van der Waals surface area contributed by atoms with Gasteiger partial charge in [-0.1, -0.05) is 6.07 Å².